The first kappa shape index (κ1) is 13.6. The number of imidazole rings is 1. The molecule has 2 aromatic heterocycles. The van der Waals surface area contributed by atoms with E-state index in [0.717, 1.165) is 17.2 Å². The lowest BCUT2D eigenvalue weighted by Crippen LogP contribution is -2.38. The van der Waals surface area contributed by atoms with Crippen LogP contribution in [0.1, 0.15) is 25.0 Å². The number of piperidine rings is 1. The quantitative estimate of drug-likeness (QED) is 0.925. The van der Waals surface area contributed by atoms with Crippen LogP contribution in [-0.4, -0.2) is 40.5 Å². The van der Waals surface area contributed by atoms with Gasteiger partial charge in [-0.25, -0.2) is 4.98 Å². The van der Waals surface area contributed by atoms with Crippen LogP contribution in [-0.2, 0) is 6.54 Å². The minimum absolute atomic E-state index is 0.559. The van der Waals surface area contributed by atoms with Crippen LogP contribution in [0.15, 0.2) is 24.5 Å². The van der Waals surface area contributed by atoms with Gasteiger partial charge in [-0.2, -0.15) is 0 Å². The zero-order valence-corrected chi connectivity index (χ0v) is 12.9. The van der Waals surface area contributed by atoms with Gasteiger partial charge >= 0.3 is 0 Å². The van der Waals surface area contributed by atoms with Crippen molar-refractivity contribution in [2.75, 3.05) is 26.2 Å². The fourth-order valence-corrected chi connectivity index (χ4v) is 4.04. The van der Waals surface area contributed by atoms with Gasteiger partial charge in [0.15, 0.2) is 0 Å². The number of halogens is 1. The Morgan fingerprint density at radius 2 is 2.10 bits per heavy atom. The fraction of sp³-hybridized carbons (Fsp3) is 0.562. The predicted molar refractivity (Wildman–Crippen MR) is 84.6 cm³/mol. The summed E-state index contributed by atoms with van der Waals surface area (Å²) in [5.74, 6) is 0. The van der Waals surface area contributed by atoms with Crippen molar-refractivity contribution in [1.82, 2.24) is 19.6 Å². The van der Waals surface area contributed by atoms with Crippen molar-refractivity contribution in [3.63, 3.8) is 0 Å². The molecule has 4 nitrogen and oxygen atoms in total. The lowest BCUT2D eigenvalue weighted by Gasteiger charge is -2.33. The van der Waals surface area contributed by atoms with Crippen LogP contribution in [0.3, 0.4) is 0 Å². The summed E-state index contributed by atoms with van der Waals surface area (Å²) >= 11 is 6.11. The van der Waals surface area contributed by atoms with Crippen LogP contribution in [0, 0.1) is 5.41 Å². The van der Waals surface area contributed by atoms with Crippen LogP contribution in [0.2, 0.25) is 5.02 Å². The summed E-state index contributed by atoms with van der Waals surface area (Å²) in [6.45, 7) is 5.76. The summed E-state index contributed by atoms with van der Waals surface area (Å²) in [7, 11) is 0. The maximum Gasteiger partial charge on any atom is 0.137 e. The third-order valence-electron chi connectivity index (χ3n) is 5.11. The minimum Gasteiger partial charge on any atom is -0.317 e. The van der Waals surface area contributed by atoms with Crippen molar-refractivity contribution in [3.05, 3.63) is 35.2 Å². The van der Waals surface area contributed by atoms with Gasteiger partial charge in [0.05, 0.1) is 16.9 Å². The first-order valence-electron chi connectivity index (χ1n) is 7.79. The third-order valence-corrected chi connectivity index (χ3v) is 5.34. The highest BCUT2D eigenvalue weighted by atomic mass is 35.5. The molecule has 0 saturated carbocycles. The monoisotopic (exact) mass is 304 g/mol. The molecule has 0 unspecified atom stereocenters. The van der Waals surface area contributed by atoms with Crippen LogP contribution in [0.25, 0.3) is 5.65 Å². The van der Waals surface area contributed by atoms with Crippen molar-refractivity contribution in [1.29, 1.82) is 0 Å². The molecule has 0 atom stereocenters. The van der Waals surface area contributed by atoms with E-state index in [2.05, 4.69) is 19.6 Å². The summed E-state index contributed by atoms with van der Waals surface area (Å²) in [6.07, 6.45) is 7.94. The lowest BCUT2D eigenvalue weighted by molar-refractivity contribution is 0.193. The minimum atomic E-state index is 0.559. The molecule has 2 saturated heterocycles. The van der Waals surface area contributed by atoms with Gasteiger partial charge in [0, 0.05) is 19.3 Å². The van der Waals surface area contributed by atoms with Crippen molar-refractivity contribution in [3.8, 4) is 0 Å². The summed E-state index contributed by atoms with van der Waals surface area (Å²) in [4.78, 5) is 7.05. The van der Waals surface area contributed by atoms with Gasteiger partial charge in [0.1, 0.15) is 5.65 Å². The number of hydrogen-bond donors (Lipinski definition) is 1. The standard InChI is InChI=1S/C16H21ClN4/c17-13-1-2-15-19-9-14(21(15)10-13)11-20-8-5-16(12-20)3-6-18-7-4-16/h1-2,9-10,18H,3-8,11-12H2. The maximum absolute atomic E-state index is 6.11. The van der Waals surface area contributed by atoms with Crippen LogP contribution < -0.4 is 5.32 Å². The first-order valence-corrected chi connectivity index (χ1v) is 8.17. The normalized spacial score (nSPS) is 22.3. The highest BCUT2D eigenvalue weighted by Gasteiger charge is 2.38. The summed E-state index contributed by atoms with van der Waals surface area (Å²) in [5.41, 5.74) is 2.77. The van der Waals surface area contributed by atoms with Crippen molar-refractivity contribution in [2.45, 2.75) is 25.8 Å². The molecule has 5 heteroatoms. The molecule has 112 valence electrons. The van der Waals surface area contributed by atoms with Gasteiger partial charge < -0.3 is 9.72 Å². The van der Waals surface area contributed by atoms with E-state index in [4.69, 9.17) is 11.6 Å². The van der Waals surface area contributed by atoms with Crippen molar-refractivity contribution < 1.29 is 0 Å². The average molecular weight is 305 g/mol. The molecule has 0 aromatic carbocycles. The Labute approximate surface area is 130 Å². The van der Waals surface area contributed by atoms with E-state index < -0.39 is 0 Å². The Bertz CT molecular complexity index is 645. The van der Waals surface area contributed by atoms with Gasteiger partial charge in [0.25, 0.3) is 0 Å². The molecule has 2 aliphatic heterocycles. The van der Waals surface area contributed by atoms with Gasteiger partial charge in [-0.3, -0.25) is 4.90 Å². The molecule has 2 aliphatic rings. The number of nitrogens with one attached hydrogen (secondary N) is 1. The zero-order valence-electron chi connectivity index (χ0n) is 12.2. The second-order valence-electron chi connectivity index (χ2n) is 6.54. The molecule has 21 heavy (non-hydrogen) atoms. The Morgan fingerprint density at radius 1 is 1.24 bits per heavy atom. The molecule has 1 spiro atoms. The second-order valence-corrected chi connectivity index (χ2v) is 6.97. The molecule has 4 rings (SSSR count). The fourth-order valence-electron chi connectivity index (χ4n) is 3.88. The molecular weight excluding hydrogens is 284 g/mol. The molecular formula is C16H21ClN4. The first-order chi connectivity index (χ1) is 10.2. The zero-order chi connectivity index (χ0) is 14.3. The average Bonchev–Trinajstić information content (AvgIpc) is 3.06. The number of hydrogen-bond acceptors (Lipinski definition) is 3. The predicted octanol–water partition coefficient (Wildman–Crippen LogP) is 2.56. The topological polar surface area (TPSA) is 32.6 Å². The Balaban J connectivity index is 1.52. The SMILES string of the molecule is Clc1ccc2ncc(CN3CCC4(CCNCC4)C3)n2c1. The van der Waals surface area contributed by atoms with E-state index in [1.165, 1.54) is 51.1 Å². The number of rotatable bonds is 2. The van der Waals surface area contributed by atoms with Gasteiger partial charge in [0.2, 0.25) is 0 Å². The van der Waals surface area contributed by atoms with E-state index in [1.807, 2.05) is 24.5 Å². The van der Waals surface area contributed by atoms with E-state index in [-0.39, 0.29) is 0 Å². The number of aromatic nitrogens is 2. The maximum atomic E-state index is 6.11. The highest BCUT2D eigenvalue weighted by Crippen LogP contribution is 2.39. The van der Waals surface area contributed by atoms with E-state index in [0.29, 0.717) is 5.41 Å². The Kier molecular flexibility index (Phi) is 3.40. The molecule has 1 N–H and O–H groups in total. The van der Waals surface area contributed by atoms with E-state index in [1.54, 1.807) is 0 Å². The molecule has 2 fully saturated rings. The summed E-state index contributed by atoms with van der Waals surface area (Å²) in [5, 5.41) is 4.24. The number of nitrogens with zero attached hydrogens (tertiary/aromatic N) is 3. The molecule has 0 aliphatic carbocycles. The third kappa shape index (κ3) is 2.56. The number of pyridine rings is 1. The van der Waals surface area contributed by atoms with Gasteiger partial charge in [-0.05, 0) is 56.4 Å². The van der Waals surface area contributed by atoms with Crippen LogP contribution >= 0.6 is 11.6 Å². The summed E-state index contributed by atoms with van der Waals surface area (Å²) in [6, 6.07) is 3.87. The molecule has 0 radical (unpaired) electrons. The van der Waals surface area contributed by atoms with Gasteiger partial charge in [-0.15, -0.1) is 0 Å². The van der Waals surface area contributed by atoms with E-state index >= 15 is 0 Å². The van der Waals surface area contributed by atoms with E-state index in [9.17, 15) is 0 Å². The smallest absolute Gasteiger partial charge is 0.137 e. The molecule has 0 bridgehead atoms. The van der Waals surface area contributed by atoms with Crippen molar-refractivity contribution >= 4 is 17.2 Å². The lowest BCUT2D eigenvalue weighted by atomic mass is 9.78. The van der Waals surface area contributed by atoms with Crippen molar-refractivity contribution in [2.24, 2.45) is 5.41 Å². The summed E-state index contributed by atoms with van der Waals surface area (Å²) < 4.78 is 2.12. The molecule has 0 amide bonds. The largest absolute Gasteiger partial charge is 0.317 e. The second kappa shape index (κ2) is 5.27. The van der Waals surface area contributed by atoms with Gasteiger partial charge in [-0.1, -0.05) is 11.6 Å². The Morgan fingerprint density at radius 3 is 2.95 bits per heavy atom. The number of fused-ring (bicyclic) bond motifs is 1. The van der Waals surface area contributed by atoms with Crippen LogP contribution in [0.5, 0.6) is 0 Å². The molecule has 2 aromatic rings. The Hall–Kier alpha value is -1.10. The molecule has 4 heterocycles. The van der Waals surface area contributed by atoms with Crippen LogP contribution in [0.4, 0.5) is 0 Å². The number of likely N-dealkylation sites (tertiary alicyclic amines) is 1. The highest BCUT2D eigenvalue weighted by molar-refractivity contribution is 6.30.